The van der Waals surface area contributed by atoms with Crippen LogP contribution in [0, 0.1) is 0 Å². The normalized spacial score (nSPS) is 22.5. The van der Waals surface area contributed by atoms with E-state index in [1.807, 2.05) is 6.07 Å². The maximum absolute atomic E-state index is 11.5. The molecule has 7 rings (SSSR count). The molecule has 2 bridgehead atoms. The molecule has 1 aromatic carbocycles. The zero-order chi connectivity index (χ0) is 26.7. The highest BCUT2D eigenvalue weighted by Gasteiger charge is 2.44. The number of carboxylic acid groups (broad SMARTS) is 1. The molecule has 3 aromatic heterocycles. The van der Waals surface area contributed by atoms with E-state index in [4.69, 9.17) is 37.0 Å². The van der Waals surface area contributed by atoms with Gasteiger partial charge in [-0.1, -0.05) is 34.4 Å². The van der Waals surface area contributed by atoms with Crippen molar-refractivity contribution in [2.45, 2.75) is 69.2 Å². The summed E-state index contributed by atoms with van der Waals surface area (Å²) in [4.78, 5) is 18.5. The van der Waals surface area contributed by atoms with Gasteiger partial charge < -0.3 is 23.8 Å². The molecule has 2 saturated heterocycles. The van der Waals surface area contributed by atoms with E-state index in [2.05, 4.69) is 20.2 Å². The lowest BCUT2D eigenvalue weighted by Crippen LogP contribution is -2.46. The number of carbonyl (C=O) groups is 1. The van der Waals surface area contributed by atoms with Crippen molar-refractivity contribution in [3.05, 3.63) is 55.9 Å². The summed E-state index contributed by atoms with van der Waals surface area (Å²) in [5.41, 5.74) is 2.71. The number of aromatic nitrogens is 3. The van der Waals surface area contributed by atoms with Crippen LogP contribution in [0.2, 0.25) is 10.0 Å². The van der Waals surface area contributed by atoms with Crippen LogP contribution in [-0.4, -0.2) is 44.6 Å². The van der Waals surface area contributed by atoms with Gasteiger partial charge in [-0.15, -0.1) is 11.3 Å². The van der Waals surface area contributed by atoms with E-state index in [1.54, 1.807) is 23.6 Å². The highest BCUT2D eigenvalue weighted by molar-refractivity contribution is 7.12. The standard InChI is InChI=1S/C27H24Cl2N4O5S/c28-19-2-1-3-20(29)21(19)22-18(23(37-31-22)13-4-5-13)12-36-16-10-14-6-7-15(11-16)33(14)27-30-25(38-32-27)17-8-9-39-24(17)26(34)35/h1-3,8-9,13-16H,4-7,10-12H2,(H,34,35)/t14-,15+,16?. The van der Waals surface area contributed by atoms with Crippen LogP contribution in [0.15, 0.2) is 38.7 Å². The van der Waals surface area contributed by atoms with E-state index >= 15 is 0 Å². The number of piperidine rings is 1. The minimum Gasteiger partial charge on any atom is -0.477 e. The second kappa shape index (κ2) is 9.92. The molecule has 1 unspecified atom stereocenters. The van der Waals surface area contributed by atoms with Gasteiger partial charge in [0.2, 0.25) is 0 Å². The lowest BCUT2D eigenvalue weighted by molar-refractivity contribution is 0.0144. The van der Waals surface area contributed by atoms with E-state index in [0.29, 0.717) is 45.3 Å². The van der Waals surface area contributed by atoms with Gasteiger partial charge in [0.25, 0.3) is 11.8 Å². The fourth-order valence-corrected chi connectivity index (χ4v) is 7.21. The van der Waals surface area contributed by atoms with Gasteiger partial charge in [-0.25, -0.2) is 4.79 Å². The SMILES string of the molecule is O=C(O)c1sccc1-c1nc(N2[C@@H]3CC[C@H]2CC(OCc2c(-c4c(Cl)cccc4Cl)noc2C2CC2)C3)no1. The average molecular weight is 587 g/mol. The van der Waals surface area contributed by atoms with E-state index in [9.17, 15) is 9.90 Å². The van der Waals surface area contributed by atoms with Crippen LogP contribution in [0.4, 0.5) is 5.95 Å². The summed E-state index contributed by atoms with van der Waals surface area (Å²) in [5.74, 6) is 0.961. The maximum atomic E-state index is 11.5. The Balaban J connectivity index is 1.08. The number of aromatic carboxylic acids is 1. The molecule has 3 aliphatic rings. The zero-order valence-corrected chi connectivity index (χ0v) is 23.0. The second-order valence-electron chi connectivity index (χ2n) is 10.3. The first kappa shape index (κ1) is 25.1. The van der Waals surface area contributed by atoms with Crippen LogP contribution in [0.1, 0.15) is 65.4 Å². The highest BCUT2D eigenvalue weighted by atomic mass is 35.5. The third-order valence-corrected chi connectivity index (χ3v) is 9.39. The molecule has 1 saturated carbocycles. The van der Waals surface area contributed by atoms with Crippen molar-refractivity contribution < 1.29 is 23.7 Å². The summed E-state index contributed by atoms with van der Waals surface area (Å²) in [5, 5.41) is 20.8. The molecule has 0 spiro atoms. The largest absolute Gasteiger partial charge is 0.477 e. The lowest BCUT2D eigenvalue weighted by atomic mass is 9.99. The Morgan fingerprint density at radius 2 is 1.82 bits per heavy atom. The Labute approximate surface area is 237 Å². The molecule has 202 valence electrons. The Morgan fingerprint density at radius 3 is 2.51 bits per heavy atom. The van der Waals surface area contributed by atoms with Crippen LogP contribution < -0.4 is 4.90 Å². The molecule has 39 heavy (non-hydrogen) atoms. The minimum absolute atomic E-state index is 0.0529. The molecule has 5 heterocycles. The molecule has 0 amide bonds. The van der Waals surface area contributed by atoms with Crippen LogP contribution >= 0.6 is 34.5 Å². The Bertz CT molecular complexity index is 1510. The first-order chi connectivity index (χ1) is 19.0. The summed E-state index contributed by atoms with van der Waals surface area (Å²) in [7, 11) is 0. The molecule has 1 N–H and O–H groups in total. The Kier molecular flexibility index (Phi) is 6.38. The molecular formula is C27H24Cl2N4O5S. The van der Waals surface area contributed by atoms with E-state index in [1.165, 1.54) is 0 Å². The van der Waals surface area contributed by atoms with Gasteiger partial charge in [-0.2, -0.15) is 4.98 Å². The quantitative estimate of drug-likeness (QED) is 0.232. The number of nitrogens with zero attached hydrogens (tertiary/aromatic N) is 4. The average Bonchev–Trinajstić information content (AvgIpc) is 3.24. The van der Waals surface area contributed by atoms with Crippen LogP contribution in [0.3, 0.4) is 0 Å². The molecule has 0 radical (unpaired) electrons. The van der Waals surface area contributed by atoms with Gasteiger partial charge >= 0.3 is 5.97 Å². The van der Waals surface area contributed by atoms with Gasteiger partial charge in [0.05, 0.1) is 28.3 Å². The van der Waals surface area contributed by atoms with Crippen molar-refractivity contribution >= 4 is 46.5 Å². The highest BCUT2D eigenvalue weighted by Crippen LogP contribution is 2.47. The number of hydrogen-bond acceptors (Lipinski definition) is 9. The summed E-state index contributed by atoms with van der Waals surface area (Å²) in [6.07, 6.45) is 5.87. The molecular weight excluding hydrogens is 563 g/mol. The van der Waals surface area contributed by atoms with Gasteiger partial charge in [0.15, 0.2) is 0 Å². The summed E-state index contributed by atoms with van der Waals surface area (Å²) in [6.45, 7) is 0.374. The van der Waals surface area contributed by atoms with Crippen molar-refractivity contribution in [1.82, 2.24) is 15.3 Å². The zero-order valence-electron chi connectivity index (χ0n) is 20.7. The van der Waals surface area contributed by atoms with Crippen molar-refractivity contribution in [1.29, 1.82) is 0 Å². The number of ether oxygens (including phenoxy) is 1. The first-order valence-electron chi connectivity index (χ1n) is 13.0. The van der Waals surface area contributed by atoms with E-state index < -0.39 is 5.97 Å². The predicted octanol–water partition coefficient (Wildman–Crippen LogP) is 7.05. The topological polar surface area (TPSA) is 115 Å². The van der Waals surface area contributed by atoms with Crippen LogP contribution in [-0.2, 0) is 11.3 Å². The second-order valence-corrected chi connectivity index (χ2v) is 12.0. The minimum atomic E-state index is -1.00. The number of carboxylic acids is 1. The van der Waals surface area contributed by atoms with Crippen LogP contribution in [0.5, 0.6) is 0 Å². The van der Waals surface area contributed by atoms with Gasteiger partial charge in [0.1, 0.15) is 16.3 Å². The Morgan fingerprint density at radius 1 is 1.08 bits per heavy atom. The van der Waals surface area contributed by atoms with E-state index in [0.717, 1.165) is 61.2 Å². The lowest BCUT2D eigenvalue weighted by Gasteiger charge is -2.37. The molecule has 2 aliphatic heterocycles. The van der Waals surface area contributed by atoms with Crippen LogP contribution in [0.25, 0.3) is 22.7 Å². The predicted molar refractivity (Wildman–Crippen MR) is 146 cm³/mol. The van der Waals surface area contributed by atoms with Gasteiger partial charge in [-0.05, 0) is 67.3 Å². The monoisotopic (exact) mass is 586 g/mol. The molecule has 4 aromatic rings. The van der Waals surface area contributed by atoms with E-state index in [-0.39, 0.29) is 29.0 Å². The van der Waals surface area contributed by atoms with Gasteiger partial charge in [-0.3, -0.25) is 0 Å². The number of fused-ring (bicyclic) bond motifs is 2. The number of rotatable bonds is 8. The fraction of sp³-hybridized carbons (Fsp3) is 0.407. The number of thiophene rings is 1. The number of benzene rings is 1. The van der Waals surface area contributed by atoms with Crippen molar-refractivity contribution in [2.75, 3.05) is 4.90 Å². The van der Waals surface area contributed by atoms with Crippen molar-refractivity contribution in [3.63, 3.8) is 0 Å². The molecule has 3 atom stereocenters. The summed E-state index contributed by atoms with van der Waals surface area (Å²) >= 11 is 14.2. The maximum Gasteiger partial charge on any atom is 0.346 e. The summed E-state index contributed by atoms with van der Waals surface area (Å²) < 4.78 is 17.8. The number of halogens is 2. The number of hydrogen-bond donors (Lipinski definition) is 1. The number of anilines is 1. The molecule has 9 nitrogen and oxygen atoms in total. The van der Waals surface area contributed by atoms with Crippen molar-refractivity contribution in [2.24, 2.45) is 0 Å². The fourth-order valence-electron chi connectivity index (χ4n) is 5.91. The molecule has 3 fully saturated rings. The molecule has 1 aliphatic carbocycles. The molecule has 12 heteroatoms. The van der Waals surface area contributed by atoms with Crippen molar-refractivity contribution in [3.8, 4) is 22.7 Å². The summed E-state index contributed by atoms with van der Waals surface area (Å²) in [6, 6.07) is 7.54. The third-order valence-electron chi connectivity index (χ3n) is 7.86. The smallest absolute Gasteiger partial charge is 0.346 e. The first-order valence-corrected chi connectivity index (χ1v) is 14.6. The van der Waals surface area contributed by atoms with Gasteiger partial charge in [0, 0.05) is 29.1 Å². The Hall–Kier alpha value is -2.92. The third kappa shape index (κ3) is 4.53.